The van der Waals surface area contributed by atoms with E-state index in [2.05, 4.69) is 0 Å². The number of rotatable bonds is 4. The number of halogens is 3. The highest BCUT2D eigenvalue weighted by molar-refractivity contribution is 7.89. The molecule has 0 spiro atoms. The molecule has 5 rings (SSSR count). The molecule has 2 unspecified atom stereocenters. The predicted octanol–water partition coefficient (Wildman–Crippen LogP) is 4.50. The van der Waals surface area contributed by atoms with Crippen LogP contribution in [0.4, 0.5) is 13.2 Å². The van der Waals surface area contributed by atoms with Gasteiger partial charge < -0.3 is 4.90 Å². The first-order valence-electron chi connectivity index (χ1n) is 11.1. The van der Waals surface area contributed by atoms with Crippen LogP contribution >= 0.6 is 0 Å². The largest absolute Gasteiger partial charge is 0.416 e. The van der Waals surface area contributed by atoms with Gasteiger partial charge in [-0.2, -0.15) is 17.5 Å². The number of benzene rings is 3. The van der Waals surface area contributed by atoms with Crippen LogP contribution in [0.15, 0.2) is 71.6 Å². The normalized spacial score (nSPS) is 21.6. The first-order chi connectivity index (χ1) is 16.1. The van der Waals surface area contributed by atoms with E-state index in [1.165, 1.54) is 16.4 Å². The summed E-state index contributed by atoms with van der Waals surface area (Å²) >= 11 is 0. The number of piperazine rings is 1. The molecule has 2 aliphatic rings. The molecule has 1 amide bonds. The minimum Gasteiger partial charge on any atom is -0.340 e. The minimum atomic E-state index is -4.38. The number of hydrogen-bond donors (Lipinski definition) is 0. The van der Waals surface area contributed by atoms with Gasteiger partial charge in [-0.15, -0.1) is 0 Å². The average Bonchev–Trinajstić information content (AvgIpc) is 3.64. The molecule has 1 aliphatic heterocycles. The van der Waals surface area contributed by atoms with Gasteiger partial charge in [-0.1, -0.05) is 42.5 Å². The summed E-state index contributed by atoms with van der Waals surface area (Å²) in [6, 6.07) is 17.6. The second-order valence-electron chi connectivity index (χ2n) is 8.81. The quantitative estimate of drug-likeness (QED) is 0.544. The first kappa shape index (κ1) is 22.9. The fourth-order valence-electron chi connectivity index (χ4n) is 4.62. The van der Waals surface area contributed by atoms with Gasteiger partial charge in [-0.05, 0) is 52.9 Å². The van der Waals surface area contributed by atoms with Crippen molar-refractivity contribution in [3.05, 3.63) is 77.9 Å². The van der Waals surface area contributed by atoms with Crippen molar-refractivity contribution in [1.82, 2.24) is 9.21 Å². The fourth-order valence-corrected chi connectivity index (χ4v) is 6.07. The zero-order valence-electron chi connectivity index (χ0n) is 18.2. The van der Waals surface area contributed by atoms with E-state index >= 15 is 0 Å². The molecule has 2 fully saturated rings. The molecule has 0 bridgehead atoms. The third-order valence-corrected chi connectivity index (χ3v) is 8.58. The van der Waals surface area contributed by atoms with Crippen LogP contribution < -0.4 is 0 Å². The van der Waals surface area contributed by atoms with E-state index < -0.39 is 21.8 Å². The highest BCUT2D eigenvalue weighted by atomic mass is 32.2. The third kappa shape index (κ3) is 4.30. The van der Waals surface area contributed by atoms with Crippen molar-refractivity contribution in [2.75, 3.05) is 26.2 Å². The van der Waals surface area contributed by atoms with Crippen molar-refractivity contribution in [3.63, 3.8) is 0 Å². The summed E-state index contributed by atoms with van der Waals surface area (Å²) in [5.74, 6) is -0.415. The van der Waals surface area contributed by atoms with Crippen molar-refractivity contribution >= 4 is 26.7 Å². The van der Waals surface area contributed by atoms with E-state index in [9.17, 15) is 26.4 Å². The zero-order valence-corrected chi connectivity index (χ0v) is 19.0. The van der Waals surface area contributed by atoms with Crippen LogP contribution in [-0.4, -0.2) is 49.7 Å². The summed E-state index contributed by atoms with van der Waals surface area (Å²) < 4.78 is 66.0. The molecule has 5 nitrogen and oxygen atoms in total. The zero-order chi connectivity index (χ0) is 24.1. The number of amides is 1. The van der Waals surface area contributed by atoms with Gasteiger partial charge in [0.15, 0.2) is 0 Å². The van der Waals surface area contributed by atoms with E-state index in [1.54, 1.807) is 23.1 Å². The van der Waals surface area contributed by atoms with Gasteiger partial charge in [0.1, 0.15) is 0 Å². The Kier molecular flexibility index (Phi) is 5.64. The molecule has 0 aromatic heterocycles. The molecule has 34 heavy (non-hydrogen) atoms. The molecule has 0 N–H and O–H groups in total. The lowest BCUT2D eigenvalue weighted by Crippen LogP contribution is -2.51. The topological polar surface area (TPSA) is 57.7 Å². The second-order valence-corrected chi connectivity index (χ2v) is 10.7. The van der Waals surface area contributed by atoms with Crippen LogP contribution in [0.1, 0.15) is 23.5 Å². The van der Waals surface area contributed by atoms with Crippen molar-refractivity contribution in [3.8, 4) is 0 Å². The van der Waals surface area contributed by atoms with Crippen molar-refractivity contribution in [2.45, 2.75) is 23.4 Å². The fraction of sp³-hybridized carbons (Fsp3) is 0.320. The number of fused-ring (bicyclic) bond motifs is 1. The Morgan fingerprint density at radius 3 is 2.15 bits per heavy atom. The second kappa shape index (κ2) is 8.39. The van der Waals surface area contributed by atoms with Crippen molar-refractivity contribution < 1.29 is 26.4 Å². The molecule has 2 atom stereocenters. The van der Waals surface area contributed by atoms with Gasteiger partial charge in [0, 0.05) is 32.1 Å². The summed E-state index contributed by atoms with van der Waals surface area (Å²) in [4.78, 5) is 14.8. The Morgan fingerprint density at radius 1 is 0.853 bits per heavy atom. The van der Waals surface area contributed by atoms with Gasteiger partial charge >= 0.3 is 6.18 Å². The maximum atomic E-state index is 13.1. The number of alkyl halides is 3. The van der Waals surface area contributed by atoms with Gasteiger partial charge in [0.05, 0.1) is 10.5 Å². The number of sulfonamides is 1. The van der Waals surface area contributed by atoms with E-state index in [-0.39, 0.29) is 35.7 Å². The molecule has 3 aromatic rings. The Balaban J connectivity index is 1.21. The molecular formula is C25H23F3N2O3S. The van der Waals surface area contributed by atoms with Gasteiger partial charge in [0.25, 0.3) is 0 Å². The van der Waals surface area contributed by atoms with E-state index in [0.29, 0.717) is 19.5 Å². The lowest BCUT2D eigenvalue weighted by atomic mass is 10.1. The van der Waals surface area contributed by atoms with Crippen molar-refractivity contribution in [2.24, 2.45) is 5.92 Å². The molecule has 3 aromatic carbocycles. The Hall–Kier alpha value is -2.91. The molecule has 1 saturated carbocycles. The van der Waals surface area contributed by atoms with Crippen LogP contribution in [0.3, 0.4) is 0 Å². The van der Waals surface area contributed by atoms with Crippen LogP contribution in [-0.2, 0) is 21.0 Å². The average molecular weight is 489 g/mol. The lowest BCUT2D eigenvalue weighted by Gasteiger charge is -2.34. The highest BCUT2D eigenvalue weighted by Crippen LogP contribution is 2.49. The van der Waals surface area contributed by atoms with Crippen LogP contribution in [0, 0.1) is 5.92 Å². The predicted molar refractivity (Wildman–Crippen MR) is 122 cm³/mol. The standard InChI is InChI=1S/C25H23F3N2O3S/c26-25(27,28)20-8-5-18(6-9-20)22-16-23(22)24(31)29-11-13-30(14-12-29)34(32,33)21-10-7-17-3-1-2-4-19(17)15-21/h1-10,15,22-23H,11-14,16H2. The van der Waals surface area contributed by atoms with E-state index in [0.717, 1.165) is 28.5 Å². The Labute approximate surface area is 195 Å². The molecular weight excluding hydrogens is 465 g/mol. The van der Waals surface area contributed by atoms with E-state index in [4.69, 9.17) is 0 Å². The number of carbonyl (C=O) groups is 1. The van der Waals surface area contributed by atoms with Gasteiger partial charge in [-0.3, -0.25) is 4.79 Å². The number of nitrogens with zero attached hydrogens (tertiary/aromatic N) is 2. The SMILES string of the molecule is O=C(C1CC1c1ccc(C(F)(F)F)cc1)N1CCN(S(=O)(=O)c2ccc3ccccc3c2)CC1. The first-order valence-corrected chi connectivity index (χ1v) is 12.5. The smallest absolute Gasteiger partial charge is 0.340 e. The summed E-state index contributed by atoms with van der Waals surface area (Å²) in [6.07, 6.45) is -3.79. The van der Waals surface area contributed by atoms with E-state index in [1.807, 2.05) is 24.3 Å². The summed E-state index contributed by atoms with van der Waals surface area (Å²) in [6.45, 7) is 1.00. The Bertz CT molecular complexity index is 1330. The third-order valence-electron chi connectivity index (χ3n) is 6.68. The minimum absolute atomic E-state index is 0.0624. The maximum absolute atomic E-state index is 13.1. The van der Waals surface area contributed by atoms with Crippen molar-refractivity contribution in [1.29, 1.82) is 0 Å². The molecule has 1 heterocycles. The number of carbonyl (C=O) groups excluding carboxylic acids is 1. The van der Waals surface area contributed by atoms with Gasteiger partial charge in [0.2, 0.25) is 15.9 Å². The van der Waals surface area contributed by atoms with Crippen LogP contribution in [0.25, 0.3) is 10.8 Å². The molecule has 1 saturated heterocycles. The summed E-state index contributed by atoms with van der Waals surface area (Å²) in [7, 11) is -3.67. The highest BCUT2D eigenvalue weighted by Gasteiger charge is 2.46. The van der Waals surface area contributed by atoms with Crippen LogP contribution in [0.2, 0.25) is 0 Å². The van der Waals surface area contributed by atoms with Crippen LogP contribution in [0.5, 0.6) is 0 Å². The molecule has 9 heteroatoms. The summed E-state index contributed by atoms with van der Waals surface area (Å²) in [5.41, 5.74) is 0.0207. The van der Waals surface area contributed by atoms with Gasteiger partial charge in [-0.25, -0.2) is 8.42 Å². The summed E-state index contributed by atoms with van der Waals surface area (Å²) in [5, 5.41) is 1.81. The lowest BCUT2D eigenvalue weighted by molar-refractivity contribution is -0.137. The maximum Gasteiger partial charge on any atom is 0.416 e. The number of hydrogen-bond acceptors (Lipinski definition) is 3. The monoisotopic (exact) mass is 488 g/mol. The molecule has 0 radical (unpaired) electrons. The molecule has 178 valence electrons. The Morgan fingerprint density at radius 2 is 1.50 bits per heavy atom. The molecule has 1 aliphatic carbocycles.